The zero-order valence-corrected chi connectivity index (χ0v) is 11.0. The molecule has 1 aromatic carbocycles. The summed E-state index contributed by atoms with van der Waals surface area (Å²) in [5.41, 5.74) is 6.74. The molecule has 1 heterocycles. The molecule has 0 radical (unpaired) electrons. The molecule has 98 valence electrons. The molecular weight excluding hydrogens is 226 g/mol. The molecule has 2 atom stereocenters. The topological polar surface area (TPSA) is 62.3 Å². The van der Waals surface area contributed by atoms with Crippen LogP contribution in [0.15, 0.2) is 24.3 Å². The Hall–Kier alpha value is -1.55. The van der Waals surface area contributed by atoms with E-state index >= 15 is 0 Å². The molecule has 4 heteroatoms. The van der Waals surface area contributed by atoms with Crippen LogP contribution in [0.4, 0.5) is 0 Å². The lowest BCUT2D eigenvalue weighted by atomic mass is 10.00. The molecule has 2 rings (SSSR count). The number of hydrogen-bond donors (Lipinski definition) is 2. The minimum Gasteiger partial charge on any atom is -0.493 e. The van der Waals surface area contributed by atoms with Gasteiger partial charge in [-0.1, -0.05) is 18.2 Å². The Morgan fingerprint density at radius 3 is 3.00 bits per heavy atom. The largest absolute Gasteiger partial charge is 0.493 e. The lowest BCUT2D eigenvalue weighted by molar-refractivity contribution is 0.225. The highest BCUT2D eigenvalue weighted by Gasteiger charge is 2.25. The van der Waals surface area contributed by atoms with E-state index in [1.165, 1.54) is 5.56 Å². The third-order valence-corrected chi connectivity index (χ3v) is 3.57. The lowest BCUT2D eigenvalue weighted by Crippen LogP contribution is -2.36. The smallest absolute Gasteiger partial charge is 0.122 e. The summed E-state index contributed by atoms with van der Waals surface area (Å²) in [4.78, 5) is 2.25. The lowest BCUT2D eigenvalue weighted by Gasteiger charge is -2.26. The number of ether oxygens (including phenoxy) is 1. The molecule has 2 unspecified atom stereocenters. The summed E-state index contributed by atoms with van der Waals surface area (Å²) in [6.45, 7) is 3.78. The van der Waals surface area contributed by atoms with E-state index in [1.807, 2.05) is 12.1 Å². The van der Waals surface area contributed by atoms with Gasteiger partial charge in [0.1, 0.15) is 5.75 Å². The van der Waals surface area contributed by atoms with Crippen LogP contribution in [0.2, 0.25) is 0 Å². The van der Waals surface area contributed by atoms with E-state index in [0.717, 1.165) is 18.9 Å². The SMILES string of the molecule is CC(CC(=N)N)N(C)CC1COc2ccccc21. The van der Waals surface area contributed by atoms with Gasteiger partial charge in [-0.25, -0.2) is 0 Å². The molecule has 3 N–H and O–H groups in total. The first kappa shape index (κ1) is 12.9. The van der Waals surface area contributed by atoms with Gasteiger partial charge in [0.2, 0.25) is 0 Å². The maximum atomic E-state index is 7.35. The number of likely N-dealkylation sites (N-methyl/N-ethyl adjacent to an activating group) is 1. The fourth-order valence-electron chi connectivity index (χ4n) is 2.38. The molecule has 4 nitrogen and oxygen atoms in total. The van der Waals surface area contributed by atoms with Gasteiger partial charge >= 0.3 is 0 Å². The van der Waals surface area contributed by atoms with Crippen molar-refractivity contribution in [2.45, 2.75) is 25.3 Å². The van der Waals surface area contributed by atoms with Crippen LogP contribution >= 0.6 is 0 Å². The third kappa shape index (κ3) is 2.82. The molecule has 0 saturated carbocycles. The number of benzene rings is 1. The maximum absolute atomic E-state index is 7.35. The van der Waals surface area contributed by atoms with E-state index in [9.17, 15) is 0 Å². The number of fused-ring (bicyclic) bond motifs is 1. The van der Waals surface area contributed by atoms with Crippen molar-refractivity contribution in [3.8, 4) is 5.75 Å². The summed E-state index contributed by atoms with van der Waals surface area (Å²) in [6.07, 6.45) is 0.617. The number of para-hydroxylation sites is 1. The van der Waals surface area contributed by atoms with Crippen LogP contribution < -0.4 is 10.5 Å². The molecule has 0 aliphatic carbocycles. The third-order valence-electron chi connectivity index (χ3n) is 3.57. The van der Waals surface area contributed by atoms with Crippen LogP contribution in [0, 0.1) is 5.41 Å². The standard InChI is InChI=1S/C14H21N3O/c1-10(7-14(15)16)17(2)8-11-9-18-13-6-4-3-5-12(11)13/h3-6,10-11H,7-9H2,1-2H3,(H3,15,16). The molecule has 1 aliphatic rings. The summed E-state index contributed by atoms with van der Waals surface area (Å²) < 4.78 is 5.68. The van der Waals surface area contributed by atoms with E-state index in [0.29, 0.717) is 12.3 Å². The first-order valence-electron chi connectivity index (χ1n) is 6.32. The monoisotopic (exact) mass is 247 g/mol. The number of hydrogen-bond acceptors (Lipinski definition) is 3. The van der Waals surface area contributed by atoms with Crippen molar-refractivity contribution in [3.63, 3.8) is 0 Å². The maximum Gasteiger partial charge on any atom is 0.122 e. The minimum absolute atomic E-state index is 0.248. The second-order valence-electron chi connectivity index (χ2n) is 5.06. The second kappa shape index (κ2) is 5.40. The van der Waals surface area contributed by atoms with Crippen molar-refractivity contribution in [3.05, 3.63) is 29.8 Å². The highest BCUT2D eigenvalue weighted by atomic mass is 16.5. The van der Waals surface area contributed by atoms with Crippen LogP contribution in [0.25, 0.3) is 0 Å². The molecule has 0 amide bonds. The van der Waals surface area contributed by atoms with Crippen LogP contribution in [-0.4, -0.2) is 37.0 Å². The Kier molecular flexibility index (Phi) is 3.87. The summed E-state index contributed by atoms with van der Waals surface area (Å²) in [7, 11) is 2.08. The van der Waals surface area contributed by atoms with E-state index in [-0.39, 0.29) is 11.9 Å². The van der Waals surface area contributed by atoms with Gasteiger partial charge in [-0.3, -0.25) is 5.41 Å². The van der Waals surface area contributed by atoms with Crippen LogP contribution in [0.5, 0.6) is 5.75 Å². The van der Waals surface area contributed by atoms with Crippen molar-refractivity contribution >= 4 is 5.84 Å². The predicted molar refractivity (Wildman–Crippen MR) is 73.3 cm³/mol. The summed E-state index contributed by atoms with van der Waals surface area (Å²) >= 11 is 0. The van der Waals surface area contributed by atoms with Gasteiger partial charge in [0.25, 0.3) is 0 Å². The van der Waals surface area contributed by atoms with Crippen molar-refractivity contribution in [2.24, 2.45) is 5.73 Å². The fourth-order valence-corrected chi connectivity index (χ4v) is 2.38. The molecule has 0 fully saturated rings. The molecule has 0 aromatic heterocycles. The zero-order chi connectivity index (χ0) is 13.1. The van der Waals surface area contributed by atoms with E-state index < -0.39 is 0 Å². The Labute approximate surface area is 108 Å². The van der Waals surface area contributed by atoms with Gasteiger partial charge in [-0.15, -0.1) is 0 Å². The van der Waals surface area contributed by atoms with Crippen molar-refractivity contribution < 1.29 is 4.74 Å². The quantitative estimate of drug-likeness (QED) is 0.616. The van der Waals surface area contributed by atoms with Gasteiger partial charge in [-0.2, -0.15) is 0 Å². The molecule has 0 spiro atoms. The second-order valence-corrected chi connectivity index (χ2v) is 5.06. The minimum atomic E-state index is 0.248. The first-order chi connectivity index (χ1) is 8.58. The molecule has 18 heavy (non-hydrogen) atoms. The van der Waals surface area contributed by atoms with Gasteiger partial charge < -0.3 is 15.4 Å². The Morgan fingerprint density at radius 1 is 1.56 bits per heavy atom. The first-order valence-corrected chi connectivity index (χ1v) is 6.32. The van der Waals surface area contributed by atoms with Crippen molar-refractivity contribution in [2.75, 3.05) is 20.2 Å². The Morgan fingerprint density at radius 2 is 2.28 bits per heavy atom. The number of amidine groups is 1. The van der Waals surface area contributed by atoms with Gasteiger partial charge in [0, 0.05) is 30.5 Å². The number of rotatable bonds is 5. The molecule has 1 aliphatic heterocycles. The molecule has 0 saturated heterocycles. The number of nitrogens with one attached hydrogen (secondary N) is 1. The number of nitrogens with zero attached hydrogens (tertiary/aromatic N) is 1. The average molecular weight is 247 g/mol. The molecule has 1 aromatic rings. The van der Waals surface area contributed by atoms with E-state index in [4.69, 9.17) is 15.9 Å². The predicted octanol–water partition coefficient (Wildman–Crippen LogP) is 1.81. The average Bonchev–Trinajstić information content (AvgIpc) is 2.72. The summed E-state index contributed by atoms with van der Waals surface area (Å²) in [6, 6.07) is 8.50. The normalized spacial score (nSPS) is 19.4. The van der Waals surface area contributed by atoms with Crippen LogP contribution in [-0.2, 0) is 0 Å². The van der Waals surface area contributed by atoms with Crippen molar-refractivity contribution in [1.29, 1.82) is 5.41 Å². The van der Waals surface area contributed by atoms with E-state index in [2.05, 4.69) is 31.0 Å². The highest BCUT2D eigenvalue weighted by molar-refractivity contribution is 5.77. The summed E-state index contributed by atoms with van der Waals surface area (Å²) in [5, 5.41) is 7.35. The molecule has 0 bridgehead atoms. The highest BCUT2D eigenvalue weighted by Crippen LogP contribution is 2.33. The van der Waals surface area contributed by atoms with Crippen LogP contribution in [0.1, 0.15) is 24.8 Å². The Bertz CT molecular complexity index is 433. The fraction of sp³-hybridized carbons (Fsp3) is 0.500. The summed E-state index contributed by atoms with van der Waals surface area (Å²) in [5.74, 6) is 1.67. The van der Waals surface area contributed by atoms with Crippen molar-refractivity contribution in [1.82, 2.24) is 4.90 Å². The number of nitrogens with two attached hydrogens (primary N) is 1. The van der Waals surface area contributed by atoms with Crippen LogP contribution in [0.3, 0.4) is 0 Å². The molecular formula is C14H21N3O. The zero-order valence-electron chi connectivity index (χ0n) is 11.0. The van der Waals surface area contributed by atoms with Gasteiger partial charge in [0.05, 0.1) is 12.4 Å². The van der Waals surface area contributed by atoms with Gasteiger partial charge in [-0.05, 0) is 20.0 Å². The van der Waals surface area contributed by atoms with E-state index in [1.54, 1.807) is 0 Å². The Balaban J connectivity index is 1.97. The van der Waals surface area contributed by atoms with Gasteiger partial charge in [0.15, 0.2) is 0 Å².